The first-order valence-corrected chi connectivity index (χ1v) is 8.16. The highest BCUT2D eigenvalue weighted by molar-refractivity contribution is 7.09. The Bertz CT molecular complexity index is 643. The molecule has 0 saturated carbocycles. The summed E-state index contributed by atoms with van der Waals surface area (Å²) in [5.41, 5.74) is 0.563. The third-order valence-corrected chi connectivity index (χ3v) is 4.62. The smallest absolute Gasteiger partial charge is 0.251 e. The third kappa shape index (κ3) is 3.17. The molecular formula is C16H17N3O2S. The zero-order valence-corrected chi connectivity index (χ0v) is 12.9. The van der Waals surface area contributed by atoms with Crippen LogP contribution in [0.4, 0.5) is 0 Å². The number of carbonyl (C=O) groups excluding carboxylic acids is 2. The molecule has 0 aliphatic carbocycles. The Labute approximate surface area is 133 Å². The minimum atomic E-state index is -0.223. The highest BCUT2D eigenvalue weighted by Gasteiger charge is 2.31. The van der Waals surface area contributed by atoms with Gasteiger partial charge in [0.05, 0.1) is 12.6 Å². The Morgan fingerprint density at radius 3 is 2.86 bits per heavy atom. The molecule has 1 saturated heterocycles. The van der Waals surface area contributed by atoms with Gasteiger partial charge in [0, 0.05) is 23.7 Å². The van der Waals surface area contributed by atoms with Crippen LogP contribution in [-0.2, 0) is 4.79 Å². The minimum absolute atomic E-state index is 0.0234. The molecule has 0 radical (unpaired) electrons. The van der Waals surface area contributed by atoms with Crippen molar-refractivity contribution >= 4 is 23.2 Å². The number of amides is 2. The van der Waals surface area contributed by atoms with Gasteiger partial charge >= 0.3 is 0 Å². The molecule has 5 nitrogen and oxygen atoms in total. The number of hydrogen-bond donors (Lipinski definition) is 1. The average Bonchev–Trinajstić information content (AvgIpc) is 3.23. The van der Waals surface area contributed by atoms with E-state index in [0.29, 0.717) is 5.56 Å². The summed E-state index contributed by atoms with van der Waals surface area (Å²) in [4.78, 5) is 30.5. The average molecular weight is 315 g/mol. The number of thiazole rings is 1. The lowest BCUT2D eigenvalue weighted by Gasteiger charge is -2.23. The molecule has 1 N–H and O–H groups in total. The molecule has 114 valence electrons. The molecule has 1 unspecified atom stereocenters. The molecule has 22 heavy (non-hydrogen) atoms. The van der Waals surface area contributed by atoms with Crippen LogP contribution < -0.4 is 5.32 Å². The summed E-state index contributed by atoms with van der Waals surface area (Å²) in [5, 5.41) is 5.59. The van der Waals surface area contributed by atoms with E-state index >= 15 is 0 Å². The SMILES string of the molecule is O=C(NCC(=O)N1CCCC1c1nccs1)c1ccccc1. The predicted octanol–water partition coefficient (Wildman–Crippen LogP) is 2.24. The van der Waals surface area contributed by atoms with E-state index in [1.165, 1.54) is 0 Å². The van der Waals surface area contributed by atoms with E-state index < -0.39 is 0 Å². The van der Waals surface area contributed by atoms with Crippen LogP contribution in [0, 0.1) is 0 Å². The second kappa shape index (κ2) is 6.70. The Balaban J connectivity index is 1.59. The first kappa shape index (κ1) is 14.7. The van der Waals surface area contributed by atoms with Gasteiger partial charge in [0.2, 0.25) is 5.91 Å². The summed E-state index contributed by atoms with van der Waals surface area (Å²) in [6.07, 6.45) is 3.67. The molecule has 1 aliphatic rings. The second-order valence-electron chi connectivity index (χ2n) is 5.16. The van der Waals surface area contributed by atoms with Gasteiger partial charge in [-0.1, -0.05) is 18.2 Å². The van der Waals surface area contributed by atoms with Crippen molar-refractivity contribution in [2.45, 2.75) is 18.9 Å². The van der Waals surface area contributed by atoms with E-state index in [1.807, 2.05) is 16.3 Å². The van der Waals surface area contributed by atoms with Gasteiger partial charge in [0.1, 0.15) is 5.01 Å². The number of benzene rings is 1. The van der Waals surface area contributed by atoms with E-state index in [9.17, 15) is 9.59 Å². The molecular weight excluding hydrogens is 298 g/mol. The van der Waals surface area contributed by atoms with Gasteiger partial charge < -0.3 is 10.2 Å². The van der Waals surface area contributed by atoms with Crippen molar-refractivity contribution in [3.05, 3.63) is 52.5 Å². The monoisotopic (exact) mass is 315 g/mol. The van der Waals surface area contributed by atoms with E-state index in [4.69, 9.17) is 0 Å². The molecule has 6 heteroatoms. The Morgan fingerprint density at radius 1 is 1.32 bits per heavy atom. The lowest BCUT2D eigenvalue weighted by Crippen LogP contribution is -2.39. The number of carbonyl (C=O) groups is 2. The van der Waals surface area contributed by atoms with Gasteiger partial charge in [-0.3, -0.25) is 9.59 Å². The Hall–Kier alpha value is -2.21. The zero-order chi connectivity index (χ0) is 15.4. The van der Waals surface area contributed by atoms with Gasteiger partial charge in [0.15, 0.2) is 0 Å². The van der Waals surface area contributed by atoms with Crippen molar-refractivity contribution in [1.29, 1.82) is 0 Å². The first-order valence-electron chi connectivity index (χ1n) is 7.28. The maximum Gasteiger partial charge on any atom is 0.251 e. The van der Waals surface area contributed by atoms with Gasteiger partial charge in [-0.2, -0.15) is 0 Å². The van der Waals surface area contributed by atoms with E-state index in [1.54, 1.807) is 41.8 Å². The molecule has 2 aromatic rings. The molecule has 1 fully saturated rings. The number of aromatic nitrogens is 1. The number of hydrogen-bond acceptors (Lipinski definition) is 4. The van der Waals surface area contributed by atoms with Crippen LogP contribution in [0.25, 0.3) is 0 Å². The summed E-state index contributed by atoms with van der Waals surface area (Å²) < 4.78 is 0. The largest absolute Gasteiger partial charge is 0.343 e. The van der Waals surface area contributed by atoms with Crippen molar-refractivity contribution < 1.29 is 9.59 Å². The maximum absolute atomic E-state index is 12.4. The van der Waals surface area contributed by atoms with Crippen LogP contribution in [0.1, 0.15) is 34.2 Å². The van der Waals surface area contributed by atoms with Crippen LogP contribution in [0.15, 0.2) is 41.9 Å². The molecule has 2 amide bonds. The van der Waals surface area contributed by atoms with E-state index in [2.05, 4.69) is 10.3 Å². The van der Waals surface area contributed by atoms with Gasteiger partial charge in [-0.15, -0.1) is 11.3 Å². The lowest BCUT2D eigenvalue weighted by molar-refractivity contribution is -0.131. The number of likely N-dealkylation sites (tertiary alicyclic amines) is 1. The van der Waals surface area contributed by atoms with Crippen LogP contribution in [-0.4, -0.2) is 34.8 Å². The van der Waals surface area contributed by atoms with Crippen molar-refractivity contribution in [1.82, 2.24) is 15.2 Å². The predicted molar refractivity (Wildman–Crippen MR) is 84.6 cm³/mol. The van der Waals surface area contributed by atoms with Crippen LogP contribution in [0.3, 0.4) is 0 Å². The van der Waals surface area contributed by atoms with Crippen LogP contribution in [0.5, 0.6) is 0 Å². The van der Waals surface area contributed by atoms with E-state index in [0.717, 1.165) is 24.4 Å². The van der Waals surface area contributed by atoms with Gasteiger partial charge in [-0.05, 0) is 25.0 Å². The molecule has 0 spiro atoms. The lowest BCUT2D eigenvalue weighted by atomic mass is 10.2. The second-order valence-corrected chi connectivity index (χ2v) is 6.09. The molecule has 0 bridgehead atoms. The summed E-state index contributed by atoms with van der Waals surface area (Å²) >= 11 is 1.57. The van der Waals surface area contributed by atoms with E-state index in [-0.39, 0.29) is 24.4 Å². The van der Waals surface area contributed by atoms with Crippen molar-refractivity contribution in [2.75, 3.05) is 13.1 Å². The minimum Gasteiger partial charge on any atom is -0.343 e. The van der Waals surface area contributed by atoms with Gasteiger partial charge in [0.25, 0.3) is 5.91 Å². The summed E-state index contributed by atoms with van der Waals surface area (Å²) in [6, 6.07) is 8.97. The molecule has 2 heterocycles. The number of rotatable bonds is 4. The summed E-state index contributed by atoms with van der Waals surface area (Å²) in [7, 11) is 0. The van der Waals surface area contributed by atoms with Crippen molar-refractivity contribution in [3.63, 3.8) is 0 Å². The number of nitrogens with zero attached hydrogens (tertiary/aromatic N) is 2. The molecule has 1 aliphatic heterocycles. The van der Waals surface area contributed by atoms with Crippen molar-refractivity contribution in [2.24, 2.45) is 0 Å². The summed E-state index contributed by atoms with van der Waals surface area (Å²) in [5.74, 6) is -0.277. The fraction of sp³-hybridized carbons (Fsp3) is 0.312. The van der Waals surface area contributed by atoms with Crippen LogP contribution >= 0.6 is 11.3 Å². The zero-order valence-electron chi connectivity index (χ0n) is 12.1. The highest BCUT2D eigenvalue weighted by atomic mass is 32.1. The van der Waals surface area contributed by atoms with Crippen molar-refractivity contribution in [3.8, 4) is 0 Å². The number of nitrogens with one attached hydrogen (secondary N) is 1. The topological polar surface area (TPSA) is 62.3 Å². The maximum atomic E-state index is 12.4. The third-order valence-electron chi connectivity index (χ3n) is 3.75. The highest BCUT2D eigenvalue weighted by Crippen LogP contribution is 2.32. The fourth-order valence-electron chi connectivity index (χ4n) is 2.67. The molecule has 1 aromatic carbocycles. The Morgan fingerprint density at radius 2 is 2.14 bits per heavy atom. The standard InChI is InChI=1S/C16H17N3O2S/c20-14(11-18-15(21)12-5-2-1-3-6-12)19-9-4-7-13(19)16-17-8-10-22-16/h1-3,5-6,8,10,13H,4,7,9,11H2,(H,18,21). The summed E-state index contributed by atoms with van der Waals surface area (Å²) in [6.45, 7) is 0.750. The molecule has 3 rings (SSSR count). The molecule has 1 aromatic heterocycles. The van der Waals surface area contributed by atoms with Crippen LogP contribution in [0.2, 0.25) is 0 Å². The quantitative estimate of drug-likeness (QED) is 0.941. The normalized spacial score (nSPS) is 17.5. The Kier molecular flexibility index (Phi) is 4.48. The first-order chi connectivity index (χ1) is 10.8. The molecule has 1 atom stereocenters. The van der Waals surface area contributed by atoms with Gasteiger partial charge in [-0.25, -0.2) is 4.98 Å². The fourth-order valence-corrected chi connectivity index (χ4v) is 3.46.